The van der Waals surface area contributed by atoms with Gasteiger partial charge in [0.1, 0.15) is 5.82 Å². The third-order valence-electron chi connectivity index (χ3n) is 3.52. The number of nitrogens with zero attached hydrogens (tertiary/aromatic N) is 3. The Morgan fingerprint density at radius 3 is 2.74 bits per heavy atom. The van der Waals surface area contributed by atoms with E-state index in [9.17, 15) is 13.2 Å². The average molecular weight is 329 g/mol. The largest absolute Gasteiger partial charge is 0.419 e. The van der Waals surface area contributed by atoms with Crippen molar-refractivity contribution in [1.82, 2.24) is 15.2 Å². The smallest absolute Gasteiger partial charge is 0.368 e. The van der Waals surface area contributed by atoms with Gasteiger partial charge in [0.05, 0.1) is 12.1 Å². The molecule has 8 heteroatoms. The second-order valence-electron chi connectivity index (χ2n) is 5.25. The molecule has 1 aliphatic heterocycles. The van der Waals surface area contributed by atoms with Crippen molar-refractivity contribution < 1.29 is 13.2 Å². The van der Waals surface area contributed by atoms with Gasteiger partial charge in [0, 0.05) is 32.4 Å². The Morgan fingerprint density at radius 1 is 1.35 bits per heavy atom. The van der Waals surface area contributed by atoms with Gasteiger partial charge in [0.2, 0.25) is 0 Å². The Balaban J connectivity index is 1.92. The SMILES string of the molecule is CCNC(=NCCNc1ncccc1C(F)(F)F)N1CCCC1. The first-order chi connectivity index (χ1) is 11.0. The van der Waals surface area contributed by atoms with E-state index in [1.165, 1.54) is 12.3 Å². The maximum Gasteiger partial charge on any atom is 0.419 e. The summed E-state index contributed by atoms with van der Waals surface area (Å²) in [6.45, 7) is 5.37. The fourth-order valence-electron chi connectivity index (χ4n) is 2.47. The lowest BCUT2D eigenvalue weighted by Crippen LogP contribution is -2.39. The van der Waals surface area contributed by atoms with Crippen LogP contribution in [0, 0.1) is 0 Å². The highest BCUT2D eigenvalue weighted by molar-refractivity contribution is 5.80. The van der Waals surface area contributed by atoms with Crippen molar-refractivity contribution in [3.8, 4) is 0 Å². The summed E-state index contributed by atoms with van der Waals surface area (Å²) in [5.41, 5.74) is -0.754. The van der Waals surface area contributed by atoms with E-state index in [-0.39, 0.29) is 5.82 Å². The van der Waals surface area contributed by atoms with Crippen molar-refractivity contribution in [2.75, 3.05) is 38.0 Å². The van der Waals surface area contributed by atoms with Gasteiger partial charge in [0.25, 0.3) is 0 Å². The van der Waals surface area contributed by atoms with Crippen molar-refractivity contribution in [2.24, 2.45) is 4.99 Å². The molecule has 2 rings (SSSR count). The van der Waals surface area contributed by atoms with E-state index in [4.69, 9.17) is 0 Å². The molecule has 2 N–H and O–H groups in total. The minimum atomic E-state index is -4.41. The van der Waals surface area contributed by atoms with Gasteiger partial charge in [-0.2, -0.15) is 13.2 Å². The molecule has 0 saturated carbocycles. The summed E-state index contributed by atoms with van der Waals surface area (Å²) in [4.78, 5) is 10.4. The Kier molecular flexibility index (Phi) is 6.06. The maximum absolute atomic E-state index is 12.9. The van der Waals surface area contributed by atoms with E-state index in [1.54, 1.807) is 0 Å². The lowest BCUT2D eigenvalue weighted by atomic mass is 10.2. The quantitative estimate of drug-likeness (QED) is 0.495. The number of guanidine groups is 1. The van der Waals surface area contributed by atoms with Crippen LogP contribution in [0.25, 0.3) is 0 Å². The van der Waals surface area contributed by atoms with E-state index >= 15 is 0 Å². The number of nitrogens with one attached hydrogen (secondary N) is 2. The Bertz CT molecular complexity index is 524. The van der Waals surface area contributed by atoms with Gasteiger partial charge in [-0.1, -0.05) is 0 Å². The fourth-order valence-corrected chi connectivity index (χ4v) is 2.47. The Morgan fingerprint density at radius 2 is 2.09 bits per heavy atom. The van der Waals surface area contributed by atoms with Crippen LogP contribution in [0.5, 0.6) is 0 Å². The van der Waals surface area contributed by atoms with Crippen LogP contribution in [0.4, 0.5) is 19.0 Å². The second kappa shape index (κ2) is 8.03. The summed E-state index contributed by atoms with van der Waals surface area (Å²) in [6.07, 6.45) is -0.781. The maximum atomic E-state index is 12.9. The molecular formula is C15H22F3N5. The van der Waals surface area contributed by atoms with Gasteiger partial charge < -0.3 is 15.5 Å². The highest BCUT2D eigenvalue weighted by atomic mass is 19.4. The van der Waals surface area contributed by atoms with Gasteiger partial charge in [0.15, 0.2) is 5.96 Å². The van der Waals surface area contributed by atoms with Crippen LogP contribution in [0.2, 0.25) is 0 Å². The van der Waals surface area contributed by atoms with Crippen LogP contribution in [-0.2, 0) is 6.18 Å². The number of pyridine rings is 1. The van der Waals surface area contributed by atoms with Crippen LogP contribution < -0.4 is 10.6 Å². The first kappa shape index (κ1) is 17.4. The molecule has 0 aromatic carbocycles. The van der Waals surface area contributed by atoms with Gasteiger partial charge >= 0.3 is 6.18 Å². The Hall–Kier alpha value is -1.99. The molecule has 1 fully saturated rings. The third kappa shape index (κ3) is 5.01. The standard InChI is InChI=1S/C15H22F3N5/c1-2-19-14(23-10-3-4-11-23)22-9-8-21-13-12(15(16,17)18)6-5-7-20-13/h5-7H,2-4,8-11H2,1H3,(H,19,22)(H,20,21). The molecule has 1 aliphatic rings. The number of aromatic nitrogens is 1. The van der Waals surface area contributed by atoms with Gasteiger partial charge in [-0.15, -0.1) is 0 Å². The molecule has 2 heterocycles. The van der Waals surface area contributed by atoms with Crippen LogP contribution in [0.1, 0.15) is 25.3 Å². The number of aliphatic imine (C=N–C) groups is 1. The molecule has 0 amide bonds. The fraction of sp³-hybridized carbons (Fsp3) is 0.600. The van der Waals surface area contributed by atoms with Gasteiger partial charge in [-0.25, -0.2) is 4.98 Å². The van der Waals surface area contributed by atoms with Crippen molar-refractivity contribution in [2.45, 2.75) is 25.9 Å². The molecule has 0 radical (unpaired) electrons. The van der Waals surface area contributed by atoms with Crippen molar-refractivity contribution in [3.05, 3.63) is 23.9 Å². The van der Waals surface area contributed by atoms with Crippen molar-refractivity contribution in [1.29, 1.82) is 0 Å². The van der Waals surface area contributed by atoms with Crippen molar-refractivity contribution >= 4 is 11.8 Å². The molecule has 0 spiro atoms. The van der Waals surface area contributed by atoms with E-state index in [1.807, 2.05) is 6.92 Å². The summed E-state index contributed by atoms with van der Waals surface area (Å²) in [7, 11) is 0. The average Bonchev–Trinajstić information content (AvgIpc) is 3.04. The highest BCUT2D eigenvalue weighted by Crippen LogP contribution is 2.33. The topological polar surface area (TPSA) is 52.6 Å². The zero-order chi connectivity index (χ0) is 16.7. The summed E-state index contributed by atoms with van der Waals surface area (Å²) in [5.74, 6) is 0.672. The molecule has 5 nitrogen and oxygen atoms in total. The number of anilines is 1. The van der Waals surface area contributed by atoms with Crippen molar-refractivity contribution in [3.63, 3.8) is 0 Å². The highest BCUT2D eigenvalue weighted by Gasteiger charge is 2.33. The first-order valence-electron chi connectivity index (χ1n) is 7.81. The third-order valence-corrected chi connectivity index (χ3v) is 3.52. The summed E-state index contributed by atoms with van der Waals surface area (Å²) in [5, 5.41) is 5.93. The number of hydrogen-bond acceptors (Lipinski definition) is 3. The number of halogens is 3. The van der Waals surface area contributed by atoms with Gasteiger partial charge in [-0.3, -0.25) is 4.99 Å². The van der Waals surface area contributed by atoms with E-state index in [2.05, 4.69) is 25.5 Å². The Labute approximate surface area is 134 Å². The van der Waals surface area contributed by atoms with E-state index in [0.29, 0.717) is 13.1 Å². The number of rotatable bonds is 5. The molecule has 0 unspecified atom stereocenters. The predicted octanol–water partition coefficient (Wildman–Crippen LogP) is 2.57. The minimum Gasteiger partial charge on any atom is -0.368 e. The monoisotopic (exact) mass is 329 g/mol. The first-order valence-corrected chi connectivity index (χ1v) is 7.81. The molecule has 0 atom stereocenters. The van der Waals surface area contributed by atoms with Crippen LogP contribution in [0.15, 0.2) is 23.3 Å². The number of hydrogen-bond donors (Lipinski definition) is 2. The zero-order valence-electron chi connectivity index (χ0n) is 13.2. The lowest BCUT2D eigenvalue weighted by molar-refractivity contribution is -0.137. The molecule has 1 saturated heterocycles. The van der Waals surface area contributed by atoms with Crippen LogP contribution >= 0.6 is 0 Å². The molecule has 1 aromatic rings. The summed E-state index contributed by atoms with van der Waals surface area (Å²) < 4.78 is 38.6. The number of likely N-dealkylation sites (tertiary alicyclic amines) is 1. The molecule has 1 aromatic heterocycles. The minimum absolute atomic E-state index is 0.152. The predicted molar refractivity (Wildman–Crippen MR) is 84.5 cm³/mol. The summed E-state index contributed by atoms with van der Waals surface area (Å²) in [6, 6.07) is 2.30. The molecule has 0 bridgehead atoms. The normalized spacial score (nSPS) is 15.8. The van der Waals surface area contributed by atoms with Crippen LogP contribution in [0.3, 0.4) is 0 Å². The molecular weight excluding hydrogens is 307 g/mol. The van der Waals surface area contributed by atoms with E-state index in [0.717, 1.165) is 44.5 Å². The lowest BCUT2D eigenvalue weighted by Gasteiger charge is -2.20. The molecule has 23 heavy (non-hydrogen) atoms. The molecule has 0 aliphatic carbocycles. The van der Waals surface area contributed by atoms with Gasteiger partial charge in [-0.05, 0) is 31.9 Å². The van der Waals surface area contributed by atoms with Crippen LogP contribution in [-0.4, -0.2) is 48.6 Å². The zero-order valence-corrected chi connectivity index (χ0v) is 13.2. The number of alkyl halides is 3. The second-order valence-corrected chi connectivity index (χ2v) is 5.25. The summed E-state index contributed by atoms with van der Waals surface area (Å²) >= 11 is 0. The molecule has 128 valence electrons. The van der Waals surface area contributed by atoms with E-state index < -0.39 is 11.7 Å².